The number of rotatable bonds is 7. The van der Waals surface area contributed by atoms with Gasteiger partial charge in [0.05, 0.1) is 11.1 Å². The second-order valence-corrected chi connectivity index (χ2v) is 16.1. The first-order valence-corrected chi connectivity index (χ1v) is 18.5. The number of nitrogens with one attached hydrogen (secondary N) is 1. The minimum absolute atomic E-state index is 0.0416. The minimum atomic E-state index is -5.06. The van der Waals surface area contributed by atoms with Crippen LogP contribution >= 0.6 is 0 Å². The standard InChI is InChI=1S/C39H51F6N5O4/c1-36(2,3)54-35(53)46-37(4,5)34(52)49-14-12-31(25-49)48-18-16-47(17-19-48)30-13-15-50(32(24-30)20-26-10-8-6-7-9-11-26)33(51)27-21-28(38(40,41)42)23-29(22-27)39(43,44)45/h6-8,10-11,21-23,30-32H,9,12-20,24-25H2,1-5H3,(H,46,53). The first kappa shape index (κ1) is 41.3. The lowest BCUT2D eigenvalue weighted by Gasteiger charge is -2.47. The fourth-order valence-electron chi connectivity index (χ4n) is 7.81. The summed E-state index contributed by atoms with van der Waals surface area (Å²) in [6.45, 7) is 12.8. The van der Waals surface area contributed by atoms with Crippen LogP contribution in [-0.2, 0) is 21.9 Å². The summed E-state index contributed by atoms with van der Waals surface area (Å²) in [7, 11) is 0. The Morgan fingerprint density at radius 3 is 1.98 bits per heavy atom. The number of hydrogen-bond donors (Lipinski definition) is 1. The molecule has 3 unspecified atom stereocenters. The van der Waals surface area contributed by atoms with Crippen LogP contribution in [0.15, 0.2) is 54.2 Å². The van der Waals surface area contributed by atoms with E-state index in [1.54, 1.807) is 39.5 Å². The number of alkyl halides is 6. The fraction of sp³-hybridized carbons (Fsp3) is 0.615. The molecule has 1 aromatic carbocycles. The SMILES string of the molecule is CC(C)(C)OC(=O)NC(C)(C)C(=O)N1CCC(N2CCN(C3CCN(C(=O)c4cc(C(F)(F)F)cc(C(F)(F)F)c4)C(CC4=CCC=CC=C4)C3)CC2)C1. The van der Waals surface area contributed by atoms with E-state index in [9.17, 15) is 40.7 Å². The molecule has 4 aliphatic rings. The van der Waals surface area contributed by atoms with Crippen molar-refractivity contribution < 1.29 is 45.5 Å². The zero-order chi connectivity index (χ0) is 39.6. The Bertz CT molecular complexity index is 1610. The van der Waals surface area contributed by atoms with E-state index in [0.29, 0.717) is 50.9 Å². The lowest BCUT2D eigenvalue weighted by atomic mass is 9.89. The molecule has 54 heavy (non-hydrogen) atoms. The Balaban J connectivity index is 1.24. The summed E-state index contributed by atoms with van der Waals surface area (Å²) in [5.74, 6) is -1.03. The third-order valence-corrected chi connectivity index (χ3v) is 10.5. The molecule has 0 spiro atoms. The molecule has 1 aromatic rings. The molecular formula is C39H51F6N5O4. The summed E-state index contributed by atoms with van der Waals surface area (Å²) in [6.07, 6.45) is 1.82. The van der Waals surface area contributed by atoms with Crippen molar-refractivity contribution >= 4 is 17.9 Å². The molecule has 3 heterocycles. The topological polar surface area (TPSA) is 85.4 Å². The molecule has 15 heteroatoms. The van der Waals surface area contributed by atoms with Crippen molar-refractivity contribution in [3.63, 3.8) is 0 Å². The predicted molar refractivity (Wildman–Crippen MR) is 191 cm³/mol. The summed E-state index contributed by atoms with van der Waals surface area (Å²) in [4.78, 5) is 47.6. The normalized spacial score (nSPS) is 23.6. The van der Waals surface area contributed by atoms with E-state index in [2.05, 4.69) is 15.1 Å². The summed E-state index contributed by atoms with van der Waals surface area (Å²) < 4.78 is 87.4. The van der Waals surface area contributed by atoms with Gasteiger partial charge >= 0.3 is 18.4 Å². The molecule has 5 rings (SSSR count). The van der Waals surface area contributed by atoms with Gasteiger partial charge in [0.25, 0.3) is 5.91 Å². The van der Waals surface area contributed by atoms with Gasteiger partial charge in [-0.2, -0.15) is 26.3 Å². The zero-order valence-electron chi connectivity index (χ0n) is 31.5. The number of benzene rings is 1. The zero-order valence-corrected chi connectivity index (χ0v) is 31.5. The van der Waals surface area contributed by atoms with Crippen molar-refractivity contribution in [1.82, 2.24) is 24.9 Å². The molecule has 3 saturated heterocycles. The van der Waals surface area contributed by atoms with Crippen molar-refractivity contribution in [2.24, 2.45) is 0 Å². The largest absolute Gasteiger partial charge is 0.444 e. The van der Waals surface area contributed by atoms with Gasteiger partial charge in [0, 0.05) is 69.5 Å². The van der Waals surface area contributed by atoms with E-state index >= 15 is 0 Å². The molecule has 0 bridgehead atoms. The van der Waals surface area contributed by atoms with Crippen LogP contribution in [-0.4, -0.2) is 113 Å². The van der Waals surface area contributed by atoms with Crippen molar-refractivity contribution in [2.75, 3.05) is 45.8 Å². The monoisotopic (exact) mass is 767 g/mol. The second-order valence-electron chi connectivity index (χ2n) is 16.1. The maximum atomic E-state index is 13.9. The highest BCUT2D eigenvalue weighted by molar-refractivity contribution is 5.95. The van der Waals surface area contributed by atoms with Gasteiger partial charge in [-0.1, -0.05) is 30.4 Å². The van der Waals surface area contributed by atoms with Gasteiger partial charge in [-0.3, -0.25) is 19.4 Å². The van der Waals surface area contributed by atoms with Gasteiger partial charge in [0.2, 0.25) is 5.91 Å². The molecule has 9 nitrogen and oxygen atoms in total. The number of hydrogen-bond acceptors (Lipinski definition) is 6. The van der Waals surface area contributed by atoms with Crippen molar-refractivity contribution in [3.05, 3.63) is 70.8 Å². The highest BCUT2D eigenvalue weighted by Crippen LogP contribution is 2.38. The van der Waals surface area contributed by atoms with Crippen LogP contribution < -0.4 is 5.32 Å². The summed E-state index contributed by atoms with van der Waals surface area (Å²) in [5, 5.41) is 2.70. The molecule has 1 aliphatic carbocycles. The van der Waals surface area contributed by atoms with Gasteiger partial charge in [0.1, 0.15) is 11.1 Å². The van der Waals surface area contributed by atoms with Gasteiger partial charge in [-0.05, 0) is 90.5 Å². The van der Waals surface area contributed by atoms with Gasteiger partial charge in [-0.15, -0.1) is 0 Å². The van der Waals surface area contributed by atoms with E-state index in [4.69, 9.17) is 4.74 Å². The molecule has 3 fully saturated rings. The van der Waals surface area contributed by atoms with Crippen LogP contribution in [0.2, 0.25) is 0 Å². The summed E-state index contributed by atoms with van der Waals surface area (Å²) in [6, 6.07) is 0.843. The van der Waals surface area contributed by atoms with Crippen LogP contribution in [0.1, 0.15) is 88.2 Å². The number of amides is 3. The number of piperidine rings is 1. The second kappa shape index (κ2) is 16.1. The van der Waals surface area contributed by atoms with E-state index in [1.807, 2.05) is 30.4 Å². The summed E-state index contributed by atoms with van der Waals surface area (Å²) in [5.41, 5.74) is -4.56. The lowest BCUT2D eigenvalue weighted by Crippen LogP contribution is -2.58. The van der Waals surface area contributed by atoms with E-state index in [-0.39, 0.29) is 30.6 Å². The third-order valence-electron chi connectivity index (χ3n) is 10.5. The summed E-state index contributed by atoms with van der Waals surface area (Å²) >= 11 is 0. The number of piperazine rings is 1. The molecule has 0 aromatic heterocycles. The number of allylic oxidation sites excluding steroid dienone is 5. The molecular weight excluding hydrogens is 716 g/mol. The Labute approximate surface area is 313 Å². The Kier molecular flexibility index (Phi) is 12.3. The van der Waals surface area contributed by atoms with Crippen molar-refractivity contribution in [2.45, 2.75) is 108 Å². The van der Waals surface area contributed by atoms with Crippen LogP contribution in [0.5, 0.6) is 0 Å². The van der Waals surface area contributed by atoms with Gasteiger partial charge in [-0.25, -0.2) is 4.79 Å². The molecule has 3 amide bonds. The number of ether oxygens (including phenoxy) is 1. The first-order chi connectivity index (χ1) is 25.1. The van der Waals surface area contributed by atoms with E-state index in [0.717, 1.165) is 38.2 Å². The van der Waals surface area contributed by atoms with E-state index in [1.165, 1.54) is 4.90 Å². The Hall–Kier alpha value is -3.85. The molecule has 3 aliphatic heterocycles. The van der Waals surface area contributed by atoms with Crippen LogP contribution in [0.25, 0.3) is 0 Å². The number of carbonyl (C=O) groups excluding carboxylic acids is 3. The van der Waals surface area contributed by atoms with Crippen LogP contribution in [0, 0.1) is 0 Å². The Morgan fingerprint density at radius 2 is 1.39 bits per heavy atom. The van der Waals surface area contributed by atoms with E-state index < -0.39 is 58.2 Å². The number of carbonyl (C=O) groups is 3. The van der Waals surface area contributed by atoms with Crippen LogP contribution in [0.3, 0.4) is 0 Å². The molecule has 3 atom stereocenters. The average Bonchev–Trinajstić information content (AvgIpc) is 3.43. The number of alkyl carbamates (subject to hydrolysis) is 1. The fourth-order valence-corrected chi connectivity index (χ4v) is 7.81. The quantitative estimate of drug-likeness (QED) is 0.300. The maximum absolute atomic E-state index is 13.9. The predicted octanol–water partition coefficient (Wildman–Crippen LogP) is 7.05. The molecule has 1 N–H and O–H groups in total. The van der Waals surface area contributed by atoms with Gasteiger partial charge in [0.15, 0.2) is 0 Å². The maximum Gasteiger partial charge on any atom is 0.416 e. The highest BCUT2D eigenvalue weighted by atomic mass is 19.4. The highest BCUT2D eigenvalue weighted by Gasteiger charge is 2.42. The molecule has 0 saturated carbocycles. The minimum Gasteiger partial charge on any atom is -0.444 e. The number of likely N-dealkylation sites (tertiary alicyclic amines) is 2. The molecule has 298 valence electrons. The van der Waals surface area contributed by atoms with Crippen molar-refractivity contribution in [3.8, 4) is 0 Å². The lowest BCUT2D eigenvalue weighted by molar-refractivity contribution is -0.143. The third kappa shape index (κ3) is 10.5. The Morgan fingerprint density at radius 1 is 0.796 bits per heavy atom. The van der Waals surface area contributed by atoms with Crippen LogP contribution in [0.4, 0.5) is 31.1 Å². The van der Waals surface area contributed by atoms with Crippen molar-refractivity contribution in [1.29, 1.82) is 0 Å². The first-order valence-electron chi connectivity index (χ1n) is 18.5. The number of halogens is 6. The number of nitrogens with zero attached hydrogens (tertiary/aromatic N) is 4. The smallest absolute Gasteiger partial charge is 0.416 e. The van der Waals surface area contributed by atoms with Gasteiger partial charge < -0.3 is 19.9 Å². The average molecular weight is 768 g/mol. The molecule has 0 radical (unpaired) electrons.